The van der Waals surface area contributed by atoms with Crippen molar-refractivity contribution in [3.05, 3.63) is 30.3 Å². The molecular formula is C15H22OS. The van der Waals surface area contributed by atoms with E-state index in [2.05, 4.69) is 19.1 Å². The van der Waals surface area contributed by atoms with Crippen LogP contribution in [0.1, 0.15) is 46.0 Å². The highest BCUT2D eigenvalue weighted by Crippen LogP contribution is 2.27. The lowest BCUT2D eigenvalue weighted by Gasteiger charge is -2.13. The van der Waals surface area contributed by atoms with Gasteiger partial charge in [0.25, 0.3) is 0 Å². The third-order valence-corrected chi connectivity index (χ3v) is 4.19. The summed E-state index contributed by atoms with van der Waals surface area (Å²) in [5.41, 5.74) is 0. The molecule has 0 aliphatic heterocycles. The van der Waals surface area contributed by atoms with Gasteiger partial charge in [-0.1, -0.05) is 50.8 Å². The first-order chi connectivity index (χ1) is 8.24. The van der Waals surface area contributed by atoms with Crippen molar-refractivity contribution in [3.8, 4) is 0 Å². The van der Waals surface area contributed by atoms with E-state index in [9.17, 15) is 4.79 Å². The molecule has 0 amide bonds. The van der Waals surface area contributed by atoms with Gasteiger partial charge in [-0.25, -0.2) is 0 Å². The van der Waals surface area contributed by atoms with Crippen LogP contribution >= 0.6 is 11.8 Å². The molecule has 1 atom stereocenters. The van der Waals surface area contributed by atoms with Gasteiger partial charge in [0.1, 0.15) is 5.78 Å². The molecule has 2 heteroatoms. The van der Waals surface area contributed by atoms with Gasteiger partial charge in [-0.3, -0.25) is 4.79 Å². The minimum absolute atomic E-state index is 0.134. The maximum Gasteiger partial charge on any atom is 0.143 e. The normalized spacial score (nSPS) is 12.4. The zero-order valence-corrected chi connectivity index (χ0v) is 11.6. The van der Waals surface area contributed by atoms with Gasteiger partial charge in [0.2, 0.25) is 0 Å². The standard InChI is InChI=1S/C15H22OS/c1-3-4-5-9-12-15(13(2)16)17-14-10-7-6-8-11-14/h6-8,10-11,15H,3-5,9,12H2,1-2H3. The highest BCUT2D eigenvalue weighted by Gasteiger charge is 2.14. The van der Waals surface area contributed by atoms with Crippen LogP contribution in [0.5, 0.6) is 0 Å². The van der Waals surface area contributed by atoms with Crippen molar-refractivity contribution in [1.29, 1.82) is 0 Å². The Morgan fingerprint density at radius 2 is 1.88 bits per heavy atom. The maximum atomic E-state index is 11.6. The van der Waals surface area contributed by atoms with Crippen LogP contribution in [0.25, 0.3) is 0 Å². The topological polar surface area (TPSA) is 17.1 Å². The van der Waals surface area contributed by atoms with Crippen LogP contribution in [0.2, 0.25) is 0 Å². The molecule has 0 N–H and O–H groups in total. The van der Waals surface area contributed by atoms with Crippen LogP contribution in [0.3, 0.4) is 0 Å². The number of Topliss-reactive ketones (excluding diaryl/α,β-unsaturated/α-hetero) is 1. The Hall–Kier alpha value is -0.760. The zero-order chi connectivity index (χ0) is 12.5. The van der Waals surface area contributed by atoms with Crippen molar-refractivity contribution in [3.63, 3.8) is 0 Å². The van der Waals surface area contributed by atoms with Crippen LogP contribution < -0.4 is 0 Å². The van der Waals surface area contributed by atoms with Crippen LogP contribution in [0.15, 0.2) is 35.2 Å². The number of thioether (sulfide) groups is 1. The lowest BCUT2D eigenvalue weighted by molar-refractivity contribution is -0.116. The smallest absolute Gasteiger partial charge is 0.143 e. The molecule has 1 aromatic rings. The number of hydrogen-bond donors (Lipinski definition) is 0. The van der Waals surface area contributed by atoms with Crippen LogP contribution in [-0.4, -0.2) is 11.0 Å². The largest absolute Gasteiger partial charge is 0.299 e. The van der Waals surface area contributed by atoms with Gasteiger partial charge in [0.15, 0.2) is 0 Å². The summed E-state index contributed by atoms with van der Waals surface area (Å²) < 4.78 is 0. The molecule has 1 aromatic carbocycles. The van der Waals surface area contributed by atoms with E-state index < -0.39 is 0 Å². The molecule has 0 fully saturated rings. The van der Waals surface area contributed by atoms with E-state index in [0.29, 0.717) is 5.78 Å². The summed E-state index contributed by atoms with van der Waals surface area (Å²) in [5.74, 6) is 0.301. The van der Waals surface area contributed by atoms with Gasteiger partial charge in [-0.15, -0.1) is 11.8 Å². The third-order valence-electron chi connectivity index (χ3n) is 2.79. The fraction of sp³-hybridized carbons (Fsp3) is 0.533. The fourth-order valence-corrected chi connectivity index (χ4v) is 2.86. The summed E-state index contributed by atoms with van der Waals surface area (Å²) in [4.78, 5) is 12.8. The Balaban J connectivity index is 2.41. The molecule has 0 spiro atoms. The van der Waals surface area contributed by atoms with Gasteiger partial charge >= 0.3 is 0 Å². The summed E-state index contributed by atoms with van der Waals surface area (Å²) in [6.07, 6.45) is 5.94. The Bertz CT molecular complexity index is 321. The van der Waals surface area contributed by atoms with Gasteiger partial charge in [-0.05, 0) is 25.5 Å². The zero-order valence-electron chi connectivity index (χ0n) is 10.8. The molecule has 0 aliphatic rings. The maximum absolute atomic E-state index is 11.6. The van der Waals surface area contributed by atoms with Crippen LogP contribution in [0, 0.1) is 0 Å². The number of ketones is 1. The molecule has 0 aliphatic carbocycles. The van der Waals surface area contributed by atoms with Crippen molar-refractivity contribution in [1.82, 2.24) is 0 Å². The summed E-state index contributed by atoms with van der Waals surface area (Å²) in [5, 5.41) is 0.134. The number of unbranched alkanes of at least 4 members (excludes halogenated alkanes) is 3. The quantitative estimate of drug-likeness (QED) is 0.491. The molecule has 0 saturated carbocycles. The Kier molecular flexibility index (Phi) is 7.02. The highest BCUT2D eigenvalue weighted by molar-refractivity contribution is 8.00. The van der Waals surface area contributed by atoms with Crippen molar-refractivity contribution < 1.29 is 4.79 Å². The van der Waals surface area contributed by atoms with Crippen molar-refractivity contribution in [2.75, 3.05) is 0 Å². The Morgan fingerprint density at radius 3 is 2.47 bits per heavy atom. The average Bonchev–Trinajstić information content (AvgIpc) is 2.34. The summed E-state index contributed by atoms with van der Waals surface area (Å²) in [7, 11) is 0. The molecule has 0 bridgehead atoms. The Morgan fingerprint density at radius 1 is 1.18 bits per heavy atom. The number of carbonyl (C=O) groups is 1. The van der Waals surface area contributed by atoms with Crippen LogP contribution in [0.4, 0.5) is 0 Å². The van der Waals surface area contributed by atoms with Crippen molar-refractivity contribution in [2.24, 2.45) is 0 Å². The number of rotatable bonds is 8. The van der Waals surface area contributed by atoms with Gasteiger partial charge in [-0.2, -0.15) is 0 Å². The van der Waals surface area contributed by atoms with Crippen molar-refractivity contribution in [2.45, 2.75) is 56.1 Å². The number of carbonyl (C=O) groups excluding carboxylic acids is 1. The van der Waals surface area contributed by atoms with Crippen LogP contribution in [-0.2, 0) is 4.79 Å². The highest BCUT2D eigenvalue weighted by atomic mass is 32.2. The van der Waals surface area contributed by atoms with E-state index >= 15 is 0 Å². The molecule has 17 heavy (non-hydrogen) atoms. The van der Waals surface area contributed by atoms with E-state index in [-0.39, 0.29) is 5.25 Å². The summed E-state index contributed by atoms with van der Waals surface area (Å²) in [6, 6.07) is 10.2. The SMILES string of the molecule is CCCCCCC(Sc1ccccc1)C(C)=O. The summed E-state index contributed by atoms with van der Waals surface area (Å²) in [6.45, 7) is 3.92. The molecule has 0 aromatic heterocycles. The lowest BCUT2D eigenvalue weighted by Crippen LogP contribution is -2.13. The molecule has 0 radical (unpaired) electrons. The van der Waals surface area contributed by atoms with E-state index in [0.717, 1.165) is 12.8 Å². The number of hydrogen-bond acceptors (Lipinski definition) is 2. The molecule has 1 rings (SSSR count). The van der Waals surface area contributed by atoms with E-state index in [4.69, 9.17) is 0 Å². The van der Waals surface area contributed by atoms with Gasteiger partial charge in [0, 0.05) is 4.90 Å². The average molecular weight is 250 g/mol. The third kappa shape index (κ3) is 5.92. The van der Waals surface area contributed by atoms with E-state index in [1.54, 1.807) is 18.7 Å². The molecule has 0 heterocycles. The molecular weight excluding hydrogens is 228 g/mol. The Labute approximate surface area is 109 Å². The van der Waals surface area contributed by atoms with Crippen molar-refractivity contribution >= 4 is 17.5 Å². The summed E-state index contributed by atoms with van der Waals surface area (Å²) >= 11 is 1.71. The van der Waals surface area contributed by atoms with Gasteiger partial charge in [0.05, 0.1) is 5.25 Å². The molecule has 0 saturated heterocycles. The first-order valence-corrected chi connectivity index (χ1v) is 7.34. The monoisotopic (exact) mass is 250 g/mol. The number of benzene rings is 1. The lowest BCUT2D eigenvalue weighted by atomic mass is 10.1. The molecule has 94 valence electrons. The second-order valence-electron chi connectivity index (χ2n) is 4.38. The first-order valence-electron chi connectivity index (χ1n) is 6.46. The van der Waals surface area contributed by atoms with E-state index in [1.165, 1.54) is 24.2 Å². The first kappa shape index (κ1) is 14.3. The minimum Gasteiger partial charge on any atom is -0.299 e. The second kappa shape index (κ2) is 8.35. The minimum atomic E-state index is 0.134. The predicted octanol–water partition coefficient (Wildman–Crippen LogP) is 4.71. The predicted molar refractivity (Wildman–Crippen MR) is 75.5 cm³/mol. The van der Waals surface area contributed by atoms with E-state index in [1.807, 2.05) is 18.2 Å². The molecule has 1 nitrogen and oxygen atoms in total. The van der Waals surface area contributed by atoms with Gasteiger partial charge < -0.3 is 0 Å². The molecule has 1 unspecified atom stereocenters. The second-order valence-corrected chi connectivity index (χ2v) is 5.66. The fourth-order valence-electron chi connectivity index (χ4n) is 1.77.